The van der Waals surface area contributed by atoms with Crippen LogP contribution in [0.5, 0.6) is 0 Å². The Morgan fingerprint density at radius 2 is 2.15 bits per heavy atom. The van der Waals surface area contributed by atoms with Crippen molar-refractivity contribution in [3.8, 4) is 0 Å². The fourth-order valence-corrected chi connectivity index (χ4v) is 5.35. The van der Waals surface area contributed by atoms with E-state index in [4.69, 9.17) is 28.9 Å². The van der Waals surface area contributed by atoms with Crippen molar-refractivity contribution in [1.29, 1.82) is 0 Å². The molecule has 3 aromatic heterocycles. The van der Waals surface area contributed by atoms with Crippen molar-refractivity contribution in [1.82, 2.24) is 4.98 Å². The number of nitrogens with two attached hydrogens (primary N) is 1. The molecule has 0 aliphatic heterocycles. The molecule has 140 valence electrons. The molecule has 3 nitrogen and oxygen atoms in total. The van der Waals surface area contributed by atoms with Crippen LogP contribution in [0, 0.1) is 0 Å². The second kappa shape index (κ2) is 9.38. The van der Waals surface area contributed by atoms with Crippen LogP contribution in [0.1, 0.15) is 42.4 Å². The van der Waals surface area contributed by atoms with Gasteiger partial charge in [0.1, 0.15) is 10.7 Å². The summed E-state index contributed by atoms with van der Waals surface area (Å²) < 4.78 is 1.05. The van der Waals surface area contributed by atoms with Crippen LogP contribution in [0.25, 0.3) is 10.2 Å². The molecule has 0 unspecified atom stereocenters. The SMILES string of the molecule is CCCCC[C@H](N)Cc1sc2c(NCc3cccs3)cc(Cl)nc2c1Cl. The smallest absolute Gasteiger partial charge is 0.131 e. The van der Waals surface area contributed by atoms with E-state index in [0.29, 0.717) is 10.2 Å². The molecule has 3 N–H and O–H groups in total. The largest absolute Gasteiger partial charge is 0.379 e. The number of anilines is 1. The number of unbranched alkanes of at least 4 members (excludes halogenated alkanes) is 2. The maximum atomic E-state index is 6.61. The summed E-state index contributed by atoms with van der Waals surface area (Å²) >= 11 is 16.2. The van der Waals surface area contributed by atoms with Gasteiger partial charge < -0.3 is 11.1 Å². The minimum Gasteiger partial charge on any atom is -0.379 e. The van der Waals surface area contributed by atoms with Crippen LogP contribution in [-0.2, 0) is 13.0 Å². The topological polar surface area (TPSA) is 50.9 Å². The maximum absolute atomic E-state index is 6.61. The molecule has 0 spiro atoms. The van der Waals surface area contributed by atoms with Crippen molar-refractivity contribution in [3.63, 3.8) is 0 Å². The number of aromatic nitrogens is 1. The highest BCUT2D eigenvalue weighted by Crippen LogP contribution is 2.40. The van der Waals surface area contributed by atoms with E-state index in [1.165, 1.54) is 17.7 Å². The Morgan fingerprint density at radius 3 is 2.88 bits per heavy atom. The Bertz CT molecular complexity index is 846. The van der Waals surface area contributed by atoms with Crippen LogP contribution in [0.15, 0.2) is 23.6 Å². The number of thiophene rings is 2. The highest BCUT2D eigenvalue weighted by Gasteiger charge is 2.18. The van der Waals surface area contributed by atoms with Gasteiger partial charge in [-0.2, -0.15) is 0 Å². The summed E-state index contributed by atoms with van der Waals surface area (Å²) in [4.78, 5) is 6.82. The molecule has 0 saturated heterocycles. The van der Waals surface area contributed by atoms with Gasteiger partial charge in [-0.25, -0.2) is 4.98 Å². The molecule has 1 atom stereocenters. The second-order valence-electron chi connectivity index (χ2n) is 6.40. The van der Waals surface area contributed by atoms with Crippen LogP contribution < -0.4 is 11.1 Å². The van der Waals surface area contributed by atoms with Gasteiger partial charge in [-0.05, 0) is 24.3 Å². The van der Waals surface area contributed by atoms with Crippen LogP contribution in [0.3, 0.4) is 0 Å². The van der Waals surface area contributed by atoms with E-state index < -0.39 is 0 Å². The molecule has 0 aromatic carbocycles. The minimum atomic E-state index is 0.130. The molecule has 0 radical (unpaired) electrons. The Morgan fingerprint density at radius 1 is 1.31 bits per heavy atom. The number of nitrogens with zero attached hydrogens (tertiary/aromatic N) is 1. The summed E-state index contributed by atoms with van der Waals surface area (Å²) in [5.41, 5.74) is 8.07. The van der Waals surface area contributed by atoms with Gasteiger partial charge in [0.25, 0.3) is 0 Å². The normalized spacial score (nSPS) is 12.6. The summed E-state index contributed by atoms with van der Waals surface area (Å²) in [5, 5.41) is 6.69. The quantitative estimate of drug-likeness (QED) is 0.294. The first-order valence-electron chi connectivity index (χ1n) is 8.87. The monoisotopic (exact) mass is 427 g/mol. The molecule has 0 fully saturated rings. The number of hydrogen-bond acceptors (Lipinski definition) is 5. The molecule has 0 aliphatic rings. The fraction of sp³-hybridized carbons (Fsp3) is 0.421. The Labute approximate surface area is 172 Å². The lowest BCUT2D eigenvalue weighted by atomic mass is 10.1. The number of halogens is 2. The molecular weight excluding hydrogens is 405 g/mol. The third-order valence-electron chi connectivity index (χ3n) is 4.28. The number of hydrogen-bond donors (Lipinski definition) is 2. The van der Waals surface area contributed by atoms with Gasteiger partial charge in [0.05, 0.1) is 15.4 Å². The van der Waals surface area contributed by atoms with Crippen molar-refractivity contribution in [2.75, 3.05) is 5.32 Å². The van der Waals surface area contributed by atoms with Gasteiger partial charge in [0.15, 0.2) is 0 Å². The van der Waals surface area contributed by atoms with E-state index in [0.717, 1.165) is 46.6 Å². The number of rotatable bonds is 9. The lowest BCUT2D eigenvalue weighted by Crippen LogP contribution is -2.22. The zero-order valence-corrected chi connectivity index (χ0v) is 17.9. The number of fused-ring (bicyclic) bond motifs is 1. The lowest BCUT2D eigenvalue weighted by molar-refractivity contribution is 0.560. The summed E-state index contributed by atoms with van der Waals surface area (Å²) in [6, 6.07) is 6.16. The molecule has 7 heteroatoms. The van der Waals surface area contributed by atoms with E-state index in [1.54, 1.807) is 22.7 Å². The number of nitrogens with one attached hydrogen (secondary N) is 1. The highest BCUT2D eigenvalue weighted by molar-refractivity contribution is 7.20. The first kappa shape index (κ1) is 19.9. The Hall–Kier alpha value is -0.850. The molecule has 0 aliphatic carbocycles. The van der Waals surface area contributed by atoms with Crippen LogP contribution in [-0.4, -0.2) is 11.0 Å². The average Bonchev–Trinajstić information content (AvgIpc) is 3.23. The third kappa shape index (κ3) is 4.90. The summed E-state index contributed by atoms with van der Waals surface area (Å²) in [6.07, 6.45) is 5.40. The first-order valence-corrected chi connectivity index (χ1v) is 11.3. The van der Waals surface area contributed by atoms with Crippen LogP contribution in [0.2, 0.25) is 10.2 Å². The number of pyridine rings is 1. The van der Waals surface area contributed by atoms with E-state index in [-0.39, 0.29) is 6.04 Å². The predicted octanol–water partition coefficient (Wildman–Crippen LogP) is 6.73. The molecule has 26 heavy (non-hydrogen) atoms. The van der Waals surface area contributed by atoms with Gasteiger partial charge in [0, 0.05) is 28.4 Å². The van der Waals surface area contributed by atoms with Gasteiger partial charge in [0.2, 0.25) is 0 Å². The second-order valence-corrected chi connectivity index (χ2v) is 9.31. The zero-order valence-electron chi connectivity index (χ0n) is 14.7. The van der Waals surface area contributed by atoms with Gasteiger partial charge in [-0.15, -0.1) is 22.7 Å². The average molecular weight is 428 g/mol. The van der Waals surface area contributed by atoms with Gasteiger partial charge in [-0.1, -0.05) is 55.5 Å². The summed E-state index contributed by atoms with van der Waals surface area (Å²) in [7, 11) is 0. The van der Waals surface area contributed by atoms with Crippen molar-refractivity contribution in [2.24, 2.45) is 5.73 Å². The third-order valence-corrected chi connectivity index (χ3v) is 7.10. The molecule has 3 rings (SSSR count). The van der Waals surface area contributed by atoms with Crippen LogP contribution in [0.4, 0.5) is 5.69 Å². The van der Waals surface area contributed by atoms with Gasteiger partial charge in [-0.3, -0.25) is 0 Å². The summed E-state index contributed by atoms with van der Waals surface area (Å²) in [5.74, 6) is 0. The highest BCUT2D eigenvalue weighted by atomic mass is 35.5. The van der Waals surface area contributed by atoms with Crippen molar-refractivity contribution in [2.45, 2.75) is 51.6 Å². The van der Waals surface area contributed by atoms with E-state index in [1.807, 2.05) is 6.07 Å². The maximum Gasteiger partial charge on any atom is 0.131 e. The molecule has 0 saturated carbocycles. The van der Waals surface area contributed by atoms with Crippen molar-refractivity contribution in [3.05, 3.63) is 43.5 Å². The summed E-state index contributed by atoms with van der Waals surface area (Å²) in [6.45, 7) is 2.96. The Balaban J connectivity index is 1.80. The van der Waals surface area contributed by atoms with Gasteiger partial charge >= 0.3 is 0 Å². The first-order chi connectivity index (χ1) is 12.6. The molecule has 3 aromatic rings. The lowest BCUT2D eigenvalue weighted by Gasteiger charge is -2.09. The van der Waals surface area contributed by atoms with Crippen molar-refractivity contribution < 1.29 is 0 Å². The van der Waals surface area contributed by atoms with Crippen LogP contribution >= 0.6 is 45.9 Å². The minimum absolute atomic E-state index is 0.130. The standard InChI is InChI=1S/C19H23Cl2N3S2/c1-2-3-4-6-12(22)9-15-17(21)18-19(26-15)14(10-16(20)24-18)23-11-13-7-5-8-25-13/h5,7-8,10,12H,2-4,6,9,11,22H2,1H3,(H,23,24)/t12-/m0/s1. The molecule has 0 bridgehead atoms. The fourth-order valence-electron chi connectivity index (χ4n) is 2.91. The predicted molar refractivity (Wildman–Crippen MR) is 117 cm³/mol. The van der Waals surface area contributed by atoms with E-state index in [2.05, 4.69) is 34.7 Å². The molecular formula is C19H23Cl2N3S2. The zero-order chi connectivity index (χ0) is 18.5. The molecule has 3 heterocycles. The molecule has 0 amide bonds. The van der Waals surface area contributed by atoms with Crippen molar-refractivity contribution >= 4 is 61.8 Å². The van der Waals surface area contributed by atoms with E-state index >= 15 is 0 Å². The Kier molecular flexibility index (Phi) is 7.18. The van der Waals surface area contributed by atoms with E-state index in [9.17, 15) is 0 Å².